The Kier molecular flexibility index (Phi) is 4.95. The molecule has 3 rings (SSSR count). The van der Waals surface area contributed by atoms with Gasteiger partial charge in [-0.1, -0.05) is 12.1 Å². The van der Waals surface area contributed by atoms with E-state index in [1.807, 2.05) is 6.07 Å². The first-order valence-corrected chi connectivity index (χ1v) is 7.95. The van der Waals surface area contributed by atoms with E-state index in [9.17, 15) is 9.59 Å². The van der Waals surface area contributed by atoms with Gasteiger partial charge in [-0.3, -0.25) is 4.79 Å². The number of hydrogen-bond donors (Lipinski definition) is 1. The first-order valence-electron chi connectivity index (χ1n) is 7.95. The van der Waals surface area contributed by atoms with E-state index in [0.29, 0.717) is 22.6 Å². The van der Waals surface area contributed by atoms with Gasteiger partial charge >= 0.3 is 5.97 Å². The van der Waals surface area contributed by atoms with Gasteiger partial charge in [0, 0.05) is 12.4 Å². The third-order valence-corrected chi connectivity index (χ3v) is 3.89. The highest BCUT2D eigenvalue weighted by atomic mass is 16.5. The number of benzene rings is 1. The smallest absolute Gasteiger partial charge is 0.339 e. The Morgan fingerprint density at radius 2 is 2.00 bits per heavy atom. The number of aryl methyl sites for hydroxylation is 1. The molecule has 0 saturated heterocycles. The predicted octanol–water partition coefficient (Wildman–Crippen LogP) is 2.49. The summed E-state index contributed by atoms with van der Waals surface area (Å²) >= 11 is 0. The molecule has 0 spiro atoms. The lowest BCUT2D eigenvalue weighted by atomic mass is 10.1. The van der Waals surface area contributed by atoms with Gasteiger partial charge in [0.2, 0.25) is 0 Å². The average molecular weight is 361 g/mol. The molecule has 8 heteroatoms. The van der Waals surface area contributed by atoms with E-state index in [1.54, 1.807) is 54.2 Å². The van der Waals surface area contributed by atoms with Crippen LogP contribution in [0.1, 0.15) is 32.0 Å². The van der Waals surface area contributed by atoms with Gasteiger partial charge in [0.25, 0.3) is 5.91 Å². The molecule has 0 radical (unpaired) electrons. The fourth-order valence-corrected chi connectivity index (χ4v) is 2.48. The van der Waals surface area contributed by atoms with Crippen LogP contribution in [0.2, 0.25) is 0 Å². The maximum atomic E-state index is 12.5. The van der Waals surface area contributed by atoms with E-state index >= 15 is 0 Å². The van der Waals surface area contributed by atoms with Crippen LogP contribution in [0.3, 0.4) is 0 Å². The molecule has 0 atom stereocenters. The maximum Gasteiger partial charge on any atom is 0.339 e. The zero-order valence-corrected chi connectivity index (χ0v) is 14.6. The predicted molar refractivity (Wildman–Crippen MR) is 96.5 cm³/mol. The largest absolute Gasteiger partial charge is 0.465 e. The maximum absolute atomic E-state index is 12.5. The highest BCUT2D eigenvalue weighted by Gasteiger charge is 2.17. The number of nitrogens with zero attached hydrogens (tertiary/aromatic N) is 4. The lowest BCUT2D eigenvalue weighted by Gasteiger charge is -2.12. The number of nitrogens with one attached hydrogen (secondary N) is 1. The number of ether oxygens (including phenoxy) is 1. The average Bonchev–Trinajstić information content (AvgIpc) is 3.18. The first-order chi connectivity index (χ1) is 13.0. The van der Waals surface area contributed by atoms with E-state index in [0.717, 1.165) is 0 Å². The molecule has 2 aromatic heterocycles. The van der Waals surface area contributed by atoms with Crippen LogP contribution in [-0.4, -0.2) is 33.8 Å². The molecular weight excluding hydrogens is 346 g/mol. The summed E-state index contributed by atoms with van der Waals surface area (Å²) in [7, 11) is 1.28. The van der Waals surface area contributed by atoms with Crippen molar-refractivity contribution in [2.45, 2.75) is 6.92 Å². The fraction of sp³-hybridized carbons (Fsp3) is 0.105. The van der Waals surface area contributed by atoms with E-state index in [2.05, 4.69) is 15.5 Å². The van der Waals surface area contributed by atoms with Crippen LogP contribution in [-0.2, 0) is 4.74 Å². The number of para-hydroxylation sites is 1. The summed E-state index contributed by atoms with van der Waals surface area (Å²) in [6.07, 6.45) is 3.29. The van der Waals surface area contributed by atoms with Gasteiger partial charge < -0.3 is 14.6 Å². The van der Waals surface area contributed by atoms with Crippen LogP contribution in [0.4, 0.5) is 5.69 Å². The molecule has 1 amide bonds. The Hall–Kier alpha value is -3.99. The van der Waals surface area contributed by atoms with Crippen LogP contribution < -0.4 is 5.32 Å². The SMILES string of the molecule is COC(=O)c1cccc(C)c1NC(=O)c1ccc(-n2ccc(C#N)c2)nn1. The number of nitriles is 1. The van der Waals surface area contributed by atoms with Crippen molar-refractivity contribution in [3.8, 4) is 11.9 Å². The highest BCUT2D eigenvalue weighted by molar-refractivity contribution is 6.07. The molecule has 0 aliphatic carbocycles. The van der Waals surface area contributed by atoms with Gasteiger partial charge in [-0.05, 0) is 36.8 Å². The lowest BCUT2D eigenvalue weighted by molar-refractivity contribution is 0.0602. The summed E-state index contributed by atoms with van der Waals surface area (Å²) in [5, 5.41) is 19.5. The molecule has 0 bridgehead atoms. The summed E-state index contributed by atoms with van der Waals surface area (Å²) in [5.74, 6) is -0.575. The number of carbonyl (C=O) groups excluding carboxylic acids is 2. The Balaban J connectivity index is 1.83. The normalized spacial score (nSPS) is 10.1. The molecule has 1 N–H and O–H groups in total. The Labute approximate surface area is 155 Å². The molecule has 3 aromatic rings. The Morgan fingerprint density at radius 1 is 1.19 bits per heavy atom. The second-order valence-corrected chi connectivity index (χ2v) is 5.64. The molecule has 0 aliphatic rings. The number of methoxy groups -OCH3 is 1. The van der Waals surface area contributed by atoms with Crippen molar-refractivity contribution in [3.05, 3.63) is 71.2 Å². The zero-order chi connectivity index (χ0) is 19.4. The molecule has 0 aliphatic heterocycles. The van der Waals surface area contributed by atoms with Crippen LogP contribution >= 0.6 is 0 Å². The zero-order valence-electron chi connectivity index (χ0n) is 14.6. The second kappa shape index (κ2) is 7.49. The van der Waals surface area contributed by atoms with Crippen molar-refractivity contribution >= 4 is 17.6 Å². The van der Waals surface area contributed by atoms with Crippen molar-refractivity contribution in [2.24, 2.45) is 0 Å². The van der Waals surface area contributed by atoms with E-state index in [1.165, 1.54) is 13.2 Å². The van der Waals surface area contributed by atoms with Gasteiger partial charge in [-0.15, -0.1) is 10.2 Å². The third-order valence-electron chi connectivity index (χ3n) is 3.89. The lowest BCUT2D eigenvalue weighted by Crippen LogP contribution is -2.18. The van der Waals surface area contributed by atoms with Gasteiger partial charge in [0.05, 0.1) is 23.9 Å². The quantitative estimate of drug-likeness (QED) is 0.715. The summed E-state index contributed by atoms with van der Waals surface area (Å²) in [6.45, 7) is 1.77. The number of rotatable bonds is 4. The van der Waals surface area contributed by atoms with Crippen molar-refractivity contribution in [1.29, 1.82) is 5.26 Å². The molecule has 2 heterocycles. The van der Waals surface area contributed by atoms with Gasteiger partial charge in [-0.25, -0.2) is 4.79 Å². The number of carbonyl (C=O) groups is 2. The third kappa shape index (κ3) is 3.67. The Morgan fingerprint density at radius 3 is 2.63 bits per heavy atom. The molecule has 0 saturated carbocycles. The standard InChI is InChI=1S/C19H15N5O3/c1-12-4-3-5-14(19(26)27-2)17(12)21-18(25)15-6-7-16(23-22-15)24-9-8-13(10-20)11-24/h3-9,11H,1-2H3,(H,21,25). The van der Waals surface area contributed by atoms with Gasteiger partial charge in [0.1, 0.15) is 6.07 Å². The number of amides is 1. The molecule has 8 nitrogen and oxygen atoms in total. The number of hydrogen-bond acceptors (Lipinski definition) is 6. The molecule has 134 valence electrons. The first kappa shape index (κ1) is 17.8. The van der Waals surface area contributed by atoms with E-state index < -0.39 is 11.9 Å². The Bertz CT molecular complexity index is 1050. The van der Waals surface area contributed by atoms with Crippen LogP contribution in [0.25, 0.3) is 5.82 Å². The second-order valence-electron chi connectivity index (χ2n) is 5.64. The van der Waals surface area contributed by atoms with Crippen molar-refractivity contribution < 1.29 is 14.3 Å². The summed E-state index contributed by atoms with van der Waals surface area (Å²) in [5.41, 5.74) is 1.92. The summed E-state index contributed by atoms with van der Waals surface area (Å²) < 4.78 is 6.38. The van der Waals surface area contributed by atoms with E-state index in [-0.39, 0.29) is 11.3 Å². The topological polar surface area (TPSA) is 110 Å². The van der Waals surface area contributed by atoms with Crippen molar-refractivity contribution in [3.63, 3.8) is 0 Å². The molecule has 0 unspecified atom stereocenters. The highest BCUT2D eigenvalue weighted by Crippen LogP contribution is 2.22. The molecular formula is C19H15N5O3. The minimum absolute atomic E-state index is 0.0884. The molecule has 1 aromatic carbocycles. The van der Waals surface area contributed by atoms with Gasteiger partial charge in [0.15, 0.2) is 11.5 Å². The molecule has 0 fully saturated rings. The minimum Gasteiger partial charge on any atom is -0.465 e. The minimum atomic E-state index is -0.545. The van der Waals surface area contributed by atoms with E-state index in [4.69, 9.17) is 10.00 Å². The van der Waals surface area contributed by atoms with Crippen molar-refractivity contribution in [1.82, 2.24) is 14.8 Å². The van der Waals surface area contributed by atoms with Gasteiger partial charge in [-0.2, -0.15) is 5.26 Å². The number of aromatic nitrogens is 3. The fourth-order valence-electron chi connectivity index (χ4n) is 2.48. The number of esters is 1. The summed E-state index contributed by atoms with van der Waals surface area (Å²) in [6, 6.07) is 11.9. The van der Waals surface area contributed by atoms with Crippen molar-refractivity contribution in [2.75, 3.05) is 12.4 Å². The monoisotopic (exact) mass is 361 g/mol. The van der Waals surface area contributed by atoms with Crippen LogP contribution in [0.5, 0.6) is 0 Å². The number of anilines is 1. The van der Waals surface area contributed by atoms with Crippen LogP contribution in [0, 0.1) is 18.3 Å². The summed E-state index contributed by atoms with van der Waals surface area (Å²) in [4.78, 5) is 24.4. The molecule has 27 heavy (non-hydrogen) atoms. The van der Waals surface area contributed by atoms with Crippen LogP contribution in [0.15, 0.2) is 48.8 Å².